The molecule has 1 aliphatic heterocycles. The van der Waals surface area contributed by atoms with Gasteiger partial charge in [0, 0.05) is 5.69 Å². The lowest BCUT2D eigenvalue weighted by atomic mass is 10.0. The number of aromatic nitrogens is 1. The van der Waals surface area contributed by atoms with Gasteiger partial charge in [-0.1, -0.05) is 12.1 Å². The number of nitrogens with one attached hydrogen (secondary N) is 2. The van der Waals surface area contributed by atoms with E-state index in [4.69, 9.17) is 0 Å². The molecular formula is C16H13N3O3S2. The number of benzene rings is 2. The second kappa shape index (κ2) is 5.37. The Kier molecular flexibility index (Phi) is 3.41. The Morgan fingerprint density at radius 2 is 2.00 bits per heavy atom. The van der Waals surface area contributed by atoms with Gasteiger partial charge >= 0.3 is 0 Å². The maximum Gasteiger partial charge on any atom is 0.240 e. The van der Waals surface area contributed by atoms with Crippen molar-refractivity contribution in [1.29, 1.82) is 0 Å². The van der Waals surface area contributed by atoms with Crippen LogP contribution in [-0.4, -0.2) is 26.4 Å². The van der Waals surface area contributed by atoms with Crippen molar-refractivity contribution in [1.82, 2.24) is 9.71 Å². The van der Waals surface area contributed by atoms with Crippen LogP contribution in [0.4, 0.5) is 5.69 Å². The van der Waals surface area contributed by atoms with E-state index in [9.17, 15) is 13.2 Å². The Labute approximate surface area is 142 Å². The molecule has 2 heterocycles. The summed E-state index contributed by atoms with van der Waals surface area (Å²) in [7, 11) is -2.22. The predicted octanol–water partition coefficient (Wildman–Crippen LogP) is 2.29. The van der Waals surface area contributed by atoms with Crippen molar-refractivity contribution < 1.29 is 13.2 Å². The summed E-state index contributed by atoms with van der Waals surface area (Å²) in [5.74, 6) is -0.785. The highest BCUT2D eigenvalue weighted by Crippen LogP contribution is 2.40. The van der Waals surface area contributed by atoms with E-state index in [-0.39, 0.29) is 10.8 Å². The molecule has 1 aromatic heterocycles. The summed E-state index contributed by atoms with van der Waals surface area (Å²) in [5.41, 5.74) is 2.09. The van der Waals surface area contributed by atoms with E-state index in [1.54, 1.807) is 6.07 Å². The summed E-state index contributed by atoms with van der Waals surface area (Å²) in [5, 5.41) is 3.46. The zero-order chi connectivity index (χ0) is 16.9. The van der Waals surface area contributed by atoms with Crippen LogP contribution in [0.1, 0.15) is 16.5 Å². The zero-order valence-electron chi connectivity index (χ0n) is 12.6. The van der Waals surface area contributed by atoms with E-state index < -0.39 is 15.9 Å². The highest BCUT2D eigenvalue weighted by atomic mass is 32.2. The molecule has 122 valence electrons. The highest BCUT2D eigenvalue weighted by Gasteiger charge is 2.35. The minimum Gasteiger partial charge on any atom is -0.325 e. The fourth-order valence-electron chi connectivity index (χ4n) is 2.78. The minimum absolute atomic E-state index is 0.131. The number of anilines is 1. The number of para-hydroxylation sites is 1. The Morgan fingerprint density at radius 1 is 1.21 bits per heavy atom. The summed E-state index contributed by atoms with van der Waals surface area (Å²) < 4.78 is 27.4. The number of fused-ring (bicyclic) bond motifs is 2. The molecule has 0 spiro atoms. The molecular weight excluding hydrogens is 346 g/mol. The molecule has 1 amide bonds. The lowest BCUT2D eigenvalue weighted by molar-refractivity contribution is -0.116. The van der Waals surface area contributed by atoms with Crippen LogP contribution in [0, 0.1) is 0 Å². The fraction of sp³-hybridized carbons (Fsp3) is 0.125. The van der Waals surface area contributed by atoms with Gasteiger partial charge in [0.25, 0.3) is 0 Å². The van der Waals surface area contributed by atoms with Crippen LogP contribution in [0.15, 0.2) is 47.4 Å². The van der Waals surface area contributed by atoms with Crippen LogP contribution >= 0.6 is 11.3 Å². The van der Waals surface area contributed by atoms with E-state index in [2.05, 4.69) is 15.0 Å². The molecule has 0 bridgehead atoms. The van der Waals surface area contributed by atoms with Crippen molar-refractivity contribution in [3.63, 3.8) is 0 Å². The number of hydrogen-bond donors (Lipinski definition) is 2. The minimum atomic E-state index is -3.57. The maximum absolute atomic E-state index is 12.4. The lowest BCUT2D eigenvalue weighted by Gasteiger charge is -2.08. The molecule has 0 saturated heterocycles. The number of sulfonamides is 1. The van der Waals surface area contributed by atoms with Crippen LogP contribution < -0.4 is 10.0 Å². The van der Waals surface area contributed by atoms with E-state index >= 15 is 0 Å². The van der Waals surface area contributed by atoms with E-state index in [0.29, 0.717) is 16.3 Å². The molecule has 8 heteroatoms. The van der Waals surface area contributed by atoms with Gasteiger partial charge in [-0.05, 0) is 42.9 Å². The van der Waals surface area contributed by atoms with E-state index in [1.807, 2.05) is 24.3 Å². The molecule has 0 fully saturated rings. The molecule has 0 aliphatic carbocycles. The second-order valence-corrected chi connectivity index (χ2v) is 8.35. The summed E-state index contributed by atoms with van der Waals surface area (Å²) in [6.45, 7) is 0. The van der Waals surface area contributed by atoms with Crippen LogP contribution in [0.2, 0.25) is 0 Å². The lowest BCUT2D eigenvalue weighted by Crippen LogP contribution is -2.18. The number of rotatable bonds is 3. The van der Waals surface area contributed by atoms with Gasteiger partial charge in [0.2, 0.25) is 15.9 Å². The van der Waals surface area contributed by atoms with Gasteiger partial charge in [-0.15, -0.1) is 11.3 Å². The number of carbonyl (C=O) groups excluding carboxylic acids is 1. The standard InChI is InChI=1S/C16H13N3O3S2/c1-17-24(21,22)9-6-7-11-10(8-9)14(15(20)18-11)16-19-12-4-2-3-5-13(12)23-16/h2-8,14,17H,1H3,(H,18,20). The average molecular weight is 359 g/mol. The molecule has 1 atom stereocenters. The van der Waals surface area contributed by atoms with Gasteiger partial charge in [-0.25, -0.2) is 18.1 Å². The van der Waals surface area contributed by atoms with E-state index in [0.717, 1.165) is 10.2 Å². The van der Waals surface area contributed by atoms with Crippen molar-refractivity contribution in [2.75, 3.05) is 12.4 Å². The van der Waals surface area contributed by atoms with Crippen molar-refractivity contribution in [3.05, 3.63) is 53.0 Å². The number of nitrogens with zero attached hydrogens (tertiary/aromatic N) is 1. The molecule has 2 N–H and O–H groups in total. The Morgan fingerprint density at radius 3 is 2.75 bits per heavy atom. The topological polar surface area (TPSA) is 88.2 Å². The molecule has 1 aliphatic rings. The van der Waals surface area contributed by atoms with Crippen molar-refractivity contribution in [2.45, 2.75) is 10.8 Å². The number of thiazole rings is 1. The normalized spacial score (nSPS) is 17.0. The van der Waals surface area contributed by atoms with Crippen LogP contribution in [0.25, 0.3) is 10.2 Å². The number of carbonyl (C=O) groups is 1. The molecule has 0 radical (unpaired) electrons. The van der Waals surface area contributed by atoms with Gasteiger partial charge in [-0.2, -0.15) is 0 Å². The van der Waals surface area contributed by atoms with Gasteiger partial charge in [0.15, 0.2) is 0 Å². The van der Waals surface area contributed by atoms with Gasteiger partial charge in [0.1, 0.15) is 10.9 Å². The SMILES string of the molecule is CNS(=O)(=O)c1ccc2c(c1)C(c1nc3ccccc3s1)C(=O)N2. The molecule has 1 unspecified atom stereocenters. The second-order valence-electron chi connectivity index (χ2n) is 5.40. The monoisotopic (exact) mass is 359 g/mol. The summed E-state index contributed by atoms with van der Waals surface area (Å²) >= 11 is 1.44. The molecule has 24 heavy (non-hydrogen) atoms. The zero-order valence-corrected chi connectivity index (χ0v) is 14.2. The third-order valence-electron chi connectivity index (χ3n) is 3.99. The van der Waals surface area contributed by atoms with Gasteiger partial charge < -0.3 is 5.32 Å². The first-order valence-corrected chi connectivity index (χ1v) is 9.53. The first-order chi connectivity index (χ1) is 11.5. The Balaban J connectivity index is 1.87. The molecule has 2 aromatic carbocycles. The van der Waals surface area contributed by atoms with Crippen molar-refractivity contribution in [2.24, 2.45) is 0 Å². The van der Waals surface area contributed by atoms with Crippen molar-refractivity contribution in [3.8, 4) is 0 Å². The molecule has 3 aromatic rings. The first-order valence-electron chi connectivity index (χ1n) is 7.23. The van der Waals surface area contributed by atoms with E-state index in [1.165, 1.54) is 30.5 Å². The number of amides is 1. The quantitative estimate of drug-likeness (QED) is 0.751. The highest BCUT2D eigenvalue weighted by molar-refractivity contribution is 7.89. The fourth-order valence-corrected chi connectivity index (χ4v) is 4.63. The first kappa shape index (κ1) is 15.3. The van der Waals surface area contributed by atoms with Crippen LogP contribution in [0.3, 0.4) is 0 Å². The molecule has 4 rings (SSSR count). The van der Waals surface area contributed by atoms with Gasteiger partial charge in [0.05, 0.1) is 15.1 Å². The summed E-state index contributed by atoms with van der Waals surface area (Å²) in [6.07, 6.45) is 0. The van der Waals surface area contributed by atoms with Gasteiger partial charge in [-0.3, -0.25) is 4.79 Å². The Hall–Kier alpha value is -2.29. The smallest absolute Gasteiger partial charge is 0.240 e. The molecule has 0 saturated carbocycles. The largest absolute Gasteiger partial charge is 0.325 e. The van der Waals surface area contributed by atoms with Crippen LogP contribution in [0.5, 0.6) is 0 Å². The van der Waals surface area contributed by atoms with Crippen molar-refractivity contribution >= 4 is 43.2 Å². The third-order valence-corrected chi connectivity index (χ3v) is 6.50. The average Bonchev–Trinajstić information content (AvgIpc) is 3.13. The Bertz CT molecular complexity index is 1040. The van der Waals surface area contributed by atoms with Crippen LogP contribution in [-0.2, 0) is 14.8 Å². The predicted molar refractivity (Wildman–Crippen MR) is 92.8 cm³/mol. The maximum atomic E-state index is 12.4. The summed E-state index contributed by atoms with van der Waals surface area (Å²) in [6, 6.07) is 12.3. The number of hydrogen-bond acceptors (Lipinski definition) is 5. The third kappa shape index (κ3) is 2.31. The molecule has 6 nitrogen and oxygen atoms in total. The summed E-state index contributed by atoms with van der Waals surface area (Å²) in [4.78, 5) is 17.1.